The van der Waals surface area contributed by atoms with Crippen molar-refractivity contribution in [1.29, 1.82) is 0 Å². The molecule has 2 aromatic heterocycles. The lowest BCUT2D eigenvalue weighted by Gasteiger charge is -2.13. The van der Waals surface area contributed by atoms with Gasteiger partial charge < -0.3 is 14.8 Å². The predicted molar refractivity (Wildman–Crippen MR) is 113 cm³/mol. The van der Waals surface area contributed by atoms with Gasteiger partial charge in [-0.25, -0.2) is 9.67 Å². The Kier molecular flexibility index (Phi) is 6.06. The fourth-order valence-corrected chi connectivity index (χ4v) is 3.14. The molecule has 2 heterocycles. The Labute approximate surface area is 171 Å². The Morgan fingerprint density at radius 3 is 2.28 bits per heavy atom. The molecule has 7 nitrogen and oxygen atoms in total. The summed E-state index contributed by atoms with van der Waals surface area (Å²) >= 11 is 0. The molecule has 29 heavy (non-hydrogen) atoms. The first-order valence-electron chi connectivity index (χ1n) is 9.72. The third-order valence-electron chi connectivity index (χ3n) is 4.78. The van der Waals surface area contributed by atoms with E-state index in [1.54, 1.807) is 26.5 Å². The van der Waals surface area contributed by atoms with Gasteiger partial charge in [0.15, 0.2) is 5.65 Å². The number of hydrogen-bond acceptors (Lipinski definition) is 5. The van der Waals surface area contributed by atoms with Crippen molar-refractivity contribution >= 4 is 16.9 Å². The number of pyridine rings is 1. The average molecular weight is 396 g/mol. The second-order valence-corrected chi connectivity index (χ2v) is 7.57. The highest BCUT2D eigenvalue weighted by atomic mass is 16.5. The maximum atomic E-state index is 13.1. The number of amides is 1. The van der Waals surface area contributed by atoms with E-state index in [1.807, 2.05) is 36.7 Å². The van der Waals surface area contributed by atoms with Crippen LogP contribution in [-0.4, -0.2) is 34.9 Å². The highest BCUT2D eigenvalue weighted by Gasteiger charge is 2.19. The zero-order valence-corrected chi connectivity index (χ0v) is 17.8. The number of carbonyl (C=O) groups excluding carboxylic acids is 1. The van der Waals surface area contributed by atoms with Gasteiger partial charge in [0.2, 0.25) is 0 Å². The summed E-state index contributed by atoms with van der Waals surface area (Å²) in [5.74, 6) is 1.40. The van der Waals surface area contributed by atoms with Crippen LogP contribution in [0.15, 0.2) is 30.5 Å². The van der Waals surface area contributed by atoms with E-state index in [2.05, 4.69) is 24.3 Å². The summed E-state index contributed by atoms with van der Waals surface area (Å²) in [5, 5.41) is 8.20. The van der Waals surface area contributed by atoms with Crippen LogP contribution in [0.3, 0.4) is 0 Å². The van der Waals surface area contributed by atoms with E-state index < -0.39 is 0 Å². The summed E-state index contributed by atoms with van der Waals surface area (Å²) in [5.41, 5.74) is 3.08. The van der Waals surface area contributed by atoms with Crippen molar-refractivity contribution in [2.75, 3.05) is 14.2 Å². The van der Waals surface area contributed by atoms with Gasteiger partial charge >= 0.3 is 0 Å². The molecule has 3 aromatic rings. The van der Waals surface area contributed by atoms with Crippen molar-refractivity contribution in [2.24, 2.45) is 0 Å². The number of nitrogens with zero attached hydrogens (tertiary/aromatic N) is 3. The average Bonchev–Trinajstić information content (AvgIpc) is 3.15. The smallest absolute Gasteiger partial charge is 0.252 e. The Bertz CT molecular complexity index is 1000. The molecule has 1 N–H and O–H groups in total. The minimum atomic E-state index is -0.163. The van der Waals surface area contributed by atoms with Crippen LogP contribution in [0.25, 0.3) is 11.0 Å². The minimum absolute atomic E-state index is 0.155. The van der Waals surface area contributed by atoms with Gasteiger partial charge in [0.1, 0.15) is 11.5 Å². The molecule has 0 aliphatic heterocycles. The van der Waals surface area contributed by atoms with Crippen molar-refractivity contribution in [3.63, 3.8) is 0 Å². The standard InChI is InChI=1S/C22H28N4O3/c1-13(2)20-10-18(19-12-24-26(14(3)4)21(19)25-20)22(27)23-11-15-7-16(28-5)9-17(8-15)29-6/h7-10,12-14H,11H2,1-6H3,(H,23,27). The number of carbonyl (C=O) groups is 1. The van der Waals surface area contributed by atoms with Gasteiger partial charge in [-0.1, -0.05) is 13.8 Å². The fraction of sp³-hybridized carbons (Fsp3) is 0.409. The van der Waals surface area contributed by atoms with Crippen LogP contribution in [0, 0.1) is 0 Å². The zero-order valence-electron chi connectivity index (χ0n) is 17.8. The first-order valence-corrected chi connectivity index (χ1v) is 9.72. The van der Waals surface area contributed by atoms with Gasteiger partial charge in [0.05, 0.1) is 31.4 Å². The maximum absolute atomic E-state index is 13.1. The zero-order chi connectivity index (χ0) is 21.1. The SMILES string of the molecule is COc1cc(CNC(=O)c2cc(C(C)C)nc3c2cnn3C(C)C)cc(OC)c1. The Balaban J connectivity index is 1.93. The lowest BCUT2D eigenvalue weighted by atomic mass is 10.0. The second kappa shape index (κ2) is 8.51. The normalized spacial score (nSPS) is 11.3. The summed E-state index contributed by atoms with van der Waals surface area (Å²) in [6.45, 7) is 8.58. The van der Waals surface area contributed by atoms with Crippen molar-refractivity contribution in [3.8, 4) is 11.5 Å². The number of methoxy groups -OCH3 is 2. The van der Waals surface area contributed by atoms with E-state index in [0.717, 1.165) is 22.3 Å². The molecule has 0 radical (unpaired) electrons. The molecule has 7 heteroatoms. The first kappa shape index (κ1) is 20.6. The summed E-state index contributed by atoms with van der Waals surface area (Å²) in [7, 11) is 3.20. The van der Waals surface area contributed by atoms with Crippen molar-refractivity contribution < 1.29 is 14.3 Å². The van der Waals surface area contributed by atoms with E-state index in [-0.39, 0.29) is 17.9 Å². The lowest BCUT2D eigenvalue weighted by Crippen LogP contribution is -2.23. The topological polar surface area (TPSA) is 78.3 Å². The fourth-order valence-electron chi connectivity index (χ4n) is 3.14. The van der Waals surface area contributed by atoms with Gasteiger partial charge in [0.25, 0.3) is 5.91 Å². The van der Waals surface area contributed by atoms with Gasteiger partial charge in [-0.15, -0.1) is 0 Å². The number of benzene rings is 1. The Morgan fingerprint density at radius 1 is 1.07 bits per heavy atom. The van der Waals surface area contributed by atoms with Crippen molar-refractivity contribution in [2.45, 2.75) is 46.2 Å². The highest BCUT2D eigenvalue weighted by Crippen LogP contribution is 2.25. The third kappa shape index (κ3) is 4.34. The second-order valence-electron chi connectivity index (χ2n) is 7.57. The lowest BCUT2D eigenvalue weighted by molar-refractivity contribution is 0.0952. The number of hydrogen-bond donors (Lipinski definition) is 1. The van der Waals surface area contributed by atoms with Crippen LogP contribution in [0.5, 0.6) is 11.5 Å². The van der Waals surface area contributed by atoms with Gasteiger partial charge in [-0.05, 0) is 43.5 Å². The molecule has 0 aliphatic carbocycles. The molecule has 0 saturated heterocycles. The molecular formula is C22H28N4O3. The number of aromatic nitrogens is 3. The molecule has 0 aliphatic rings. The van der Waals surface area contributed by atoms with Crippen molar-refractivity contribution in [3.05, 3.63) is 47.3 Å². The maximum Gasteiger partial charge on any atom is 0.252 e. The number of ether oxygens (including phenoxy) is 2. The molecule has 154 valence electrons. The van der Waals surface area contributed by atoms with E-state index in [1.165, 1.54) is 0 Å². The van der Waals surface area contributed by atoms with Gasteiger partial charge in [-0.2, -0.15) is 5.10 Å². The number of rotatable bonds is 7. The van der Waals surface area contributed by atoms with Gasteiger partial charge in [-0.3, -0.25) is 4.79 Å². The molecular weight excluding hydrogens is 368 g/mol. The molecule has 0 saturated carbocycles. The van der Waals surface area contributed by atoms with Gasteiger partial charge in [0, 0.05) is 24.3 Å². The van der Waals surface area contributed by atoms with Crippen LogP contribution < -0.4 is 14.8 Å². The van der Waals surface area contributed by atoms with Crippen LogP contribution in [0.1, 0.15) is 61.3 Å². The molecule has 0 atom stereocenters. The highest BCUT2D eigenvalue weighted by molar-refractivity contribution is 6.05. The van der Waals surface area contributed by atoms with Crippen LogP contribution in [0.2, 0.25) is 0 Å². The summed E-state index contributed by atoms with van der Waals surface area (Å²) in [4.78, 5) is 17.8. The third-order valence-corrected chi connectivity index (χ3v) is 4.78. The molecule has 0 unspecified atom stereocenters. The van der Waals surface area contributed by atoms with E-state index in [4.69, 9.17) is 14.5 Å². The van der Waals surface area contributed by atoms with E-state index >= 15 is 0 Å². The minimum Gasteiger partial charge on any atom is -0.497 e. The number of fused-ring (bicyclic) bond motifs is 1. The van der Waals surface area contributed by atoms with Crippen LogP contribution >= 0.6 is 0 Å². The Morgan fingerprint density at radius 2 is 1.72 bits per heavy atom. The largest absolute Gasteiger partial charge is 0.497 e. The molecule has 0 bridgehead atoms. The molecule has 1 aromatic carbocycles. The molecule has 0 fully saturated rings. The summed E-state index contributed by atoms with van der Waals surface area (Å²) in [6, 6.07) is 7.57. The van der Waals surface area contributed by atoms with Crippen LogP contribution in [0.4, 0.5) is 0 Å². The summed E-state index contributed by atoms with van der Waals surface area (Å²) < 4.78 is 12.5. The van der Waals surface area contributed by atoms with E-state index in [9.17, 15) is 4.79 Å². The molecule has 1 amide bonds. The summed E-state index contributed by atoms with van der Waals surface area (Å²) in [6.07, 6.45) is 1.72. The van der Waals surface area contributed by atoms with Crippen molar-refractivity contribution in [1.82, 2.24) is 20.1 Å². The quantitative estimate of drug-likeness (QED) is 0.651. The predicted octanol–water partition coefficient (Wildman–Crippen LogP) is 4.08. The molecule has 3 rings (SSSR count). The monoisotopic (exact) mass is 396 g/mol. The van der Waals surface area contributed by atoms with Crippen LogP contribution in [-0.2, 0) is 6.54 Å². The Hall–Kier alpha value is -3.09. The van der Waals surface area contributed by atoms with E-state index in [0.29, 0.717) is 23.6 Å². The first-order chi connectivity index (χ1) is 13.8. The number of nitrogens with one attached hydrogen (secondary N) is 1. The molecule has 0 spiro atoms.